The Balaban J connectivity index is 1.71. The molecule has 1 aromatic carbocycles. The van der Waals surface area contributed by atoms with Crippen molar-refractivity contribution in [2.45, 2.75) is 25.9 Å². The number of anilines is 3. The summed E-state index contributed by atoms with van der Waals surface area (Å²) in [4.78, 5) is 21.1. The molecule has 0 bridgehead atoms. The monoisotopic (exact) mass is 505 g/mol. The van der Waals surface area contributed by atoms with Crippen LogP contribution in [0.4, 0.5) is 30.9 Å². The van der Waals surface area contributed by atoms with Gasteiger partial charge in [-0.3, -0.25) is 4.98 Å². The third kappa shape index (κ3) is 5.59. The van der Waals surface area contributed by atoms with Crippen LogP contribution in [0.15, 0.2) is 55.0 Å². The van der Waals surface area contributed by atoms with Crippen molar-refractivity contribution in [3.05, 3.63) is 83.4 Å². The van der Waals surface area contributed by atoms with Gasteiger partial charge in [-0.15, -0.1) is 4.80 Å². The summed E-state index contributed by atoms with van der Waals surface area (Å²) in [5.74, 6) is -1.81. The Labute approximate surface area is 209 Å². The number of benzene rings is 1. The summed E-state index contributed by atoms with van der Waals surface area (Å²) < 4.78 is 29.6. The Morgan fingerprint density at radius 2 is 1.86 bits per heavy atom. The lowest BCUT2D eigenvalue weighted by atomic mass is 9.99. The second-order valence-corrected chi connectivity index (χ2v) is 7.98. The second kappa shape index (κ2) is 10.6. The summed E-state index contributed by atoms with van der Waals surface area (Å²) >= 11 is 0. The number of aromatic nitrogens is 5. The predicted octanol–water partition coefficient (Wildman–Crippen LogP) is 4.07. The lowest BCUT2D eigenvalue weighted by Crippen LogP contribution is -2.39. The molecule has 37 heavy (non-hydrogen) atoms. The van der Waals surface area contributed by atoms with E-state index in [2.05, 4.69) is 36.1 Å². The molecule has 13 heteroatoms. The Morgan fingerprint density at radius 3 is 2.54 bits per heavy atom. The molecule has 11 nitrogen and oxygen atoms in total. The molecule has 4 N–H and O–H groups in total. The van der Waals surface area contributed by atoms with Crippen molar-refractivity contribution in [2.75, 3.05) is 10.6 Å². The fraction of sp³-hybridized carbons (Fsp3) is 0.167. The van der Waals surface area contributed by atoms with Gasteiger partial charge in [0.05, 0.1) is 47.6 Å². The highest BCUT2D eigenvalue weighted by Crippen LogP contribution is 2.29. The molecule has 188 valence electrons. The average Bonchev–Trinajstić information content (AvgIpc) is 3.40. The van der Waals surface area contributed by atoms with Crippen LogP contribution in [-0.2, 0) is 0 Å². The molecule has 1 amide bonds. The third-order valence-corrected chi connectivity index (χ3v) is 5.44. The molecule has 3 heterocycles. The topological polar surface area (TPSA) is 154 Å². The van der Waals surface area contributed by atoms with Crippen molar-refractivity contribution in [1.82, 2.24) is 30.3 Å². The van der Waals surface area contributed by atoms with Crippen LogP contribution in [0.1, 0.15) is 29.8 Å². The summed E-state index contributed by atoms with van der Waals surface area (Å²) in [6, 6.07) is 8.36. The van der Waals surface area contributed by atoms with Crippen LogP contribution in [-0.4, -0.2) is 42.2 Å². The van der Waals surface area contributed by atoms with Gasteiger partial charge >= 0.3 is 6.09 Å². The molecule has 0 saturated carbocycles. The van der Waals surface area contributed by atoms with Gasteiger partial charge < -0.3 is 21.1 Å². The van der Waals surface area contributed by atoms with Crippen LogP contribution >= 0.6 is 0 Å². The van der Waals surface area contributed by atoms with Gasteiger partial charge in [-0.05, 0) is 32.0 Å². The zero-order chi connectivity index (χ0) is 26.5. The van der Waals surface area contributed by atoms with Crippen molar-refractivity contribution in [3.63, 3.8) is 0 Å². The minimum Gasteiger partial charge on any atom is -0.465 e. The maximum absolute atomic E-state index is 15.0. The normalized spacial score (nSPS) is 12.3. The maximum atomic E-state index is 15.0. The molecular weight excluding hydrogens is 484 g/mol. The lowest BCUT2D eigenvalue weighted by molar-refractivity contribution is 0.189. The van der Waals surface area contributed by atoms with Gasteiger partial charge in [-0.2, -0.15) is 15.5 Å². The number of rotatable bonds is 8. The van der Waals surface area contributed by atoms with Crippen LogP contribution < -0.4 is 16.0 Å². The number of nitriles is 1. The van der Waals surface area contributed by atoms with E-state index in [1.165, 1.54) is 48.5 Å². The third-order valence-electron chi connectivity index (χ3n) is 5.44. The van der Waals surface area contributed by atoms with E-state index in [1.807, 2.05) is 6.07 Å². The molecule has 4 rings (SSSR count). The van der Waals surface area contributed by atoms with Crippen molar-refractivity contribution < 1.29 is 18.7 Å². The lowest BCUT2D eigenvalue weighted by Gasteiger charge is -2.27. The van der Waals surface area contributed by atoms with Crippen LogP contribution in [0.2, 0.25) is 0 Å². The Hall–Kier alpha value is -5.12. The van der Waals surface area contributed by atoms with Gasteiger partial charge in [0, 0.05) is 5.56 Å². The number of aryl methyl sites for hydroxylation is 1. The number of halogens is 2. The fourth-order valence-corrected chi connectivity index (χ4v) is 3.66. The zero-order valence-corrected chi connectivity index (χ0v) is 19.6. The number of carbonyl (C=O) groups is 1. The van der Waals surface area contributed by atoms with E-state index >= 15 is 0 Å². The summed E-state index contributed by atoms with van der Waals surface area (Å²) in [5, 5.41) is 34.9. The van der Waals surface area contributed by atoms with Crippen molar-refractivity contribution in [3.8, 4) is 11.8 Å². The van der Waals surface area contributed by atoms with E-state index < -0.39 is 29.8 Å². The second-order valence-electron chi connectivity index (χ2n) is 7.98. The van der Waals surface area contributed by atoms with Gasteiger partial charge in [0.2, 0.25) is 0 Å². The number of nitrogens with one attached hydrogen (secondary N) is 3. The predicted molar refractivity (Wildman–Crippen MR) is 129 cm³/mol. The van der Waals surface area contributed by atoms with Crippen molar-refractivity contribution in [1.29, 1.82) is 5.26 Å². The average molecular weight is 505 g/mol. The molecule has 2 atom stereocenters. The SMILES string of the molecule is Cc1ncc(Nc2nc(N[C@@H](c3ccccc3F)[C@H](C)NC(=O)O)c(F)cc2C#N)cc1-n1nccn1. The molecule has 0 unspecified atom stereocenters. The maximum Gasteiger partial charge on any atom is 0.404 e. The highest BCUT2D eigenvalue weighted by molar-refractivity contribution is 5.67. The quantitative estimate of drug-likeness (QED) is 0.277. The first-order valence-corrected chi connectivity index (χ1v) is 11.0. The summed E-state index contributed by atoms with van der Waals surface area (Å²) in [5.41, 5.74) is 1.64. The molecular formula is C24H21F2N9O2. The van der Waals surface area contributed by atoms with Crippen molar-refractivity contribution in [2.24, 2.45) is 0 Å². The fourth-order valence-electron chi connectivity index (χ4n) is 3.66. The minimum absolute atomic E-state index is 0.00237. The Kier molecular flexibility index (Phi) is 7.19. The molecule has 0 radical (unpaired) electrons. The van der Waals surface area contributed by atoms with Crippen molar-refractivity contribution >= 4 is 23.4 Å². The number of hydrogen-bond donors (Lipinski definition) is 4. The van der Waals surface area contributed by atoms with Crippen LogP contribution in [0.3, 0.4) is 0 Å². The molecule has 0 aliphatic rings. The number of amides is 1. The van der Waals surface area contributed by atoms with Gasteiger partial charge in [0.25, 0.3) is 0 Å². The zero-order valence-electron chi connectivity index (χ0n) is 19.6. The molecule has 0 aliphatic carbocycles. The van der Waals surface area contributed by atoms with E-state index in [1.54, 1.807) is 19.1 Å². The summed E-state index contributed by atoms with van der Waals surface area (Å²) in [6.07, 6.45) is 3.20. The highest BCUT2D eigenvalue weighted by atomic mass is 19.1. The van der Waals surface area contributed by atoms with E-state index in [-0.39, 0.29) is 22.8 Å². The summed E-state index contributed by atoms with van der Waals surface area (Å²) in [6.45, 7) is 3.28. The Morgan fingerprint density at radius 1 is 1.14 bits per heavy atom. The van der Waals surface area contributed by atoms with Crippen LogP contribution in [0.5, 0.6) is 0 Å². The molecule has 0 saturated heterocycles. The van der Waals surface area contributed by atoms with Gasteiger partial charge in [-0.25, -0.2) is 18.6 Å². The van der Waals surface area contributed by atoms with Crippen LogP contribution in [0, 0.1) is 29.9 Å². The van der Waals surface area contributed by atoms with Gasteiger partial charge in [0.1, 0.15) is 17.6 Å². The van der Waals surface area contributed by atoms with Gasteiger partial charge in [0.15, 0.2) is 17.5 Å². The first-order chi connectivity index (χ1) is 17.8. The molecule has 0 spiro atoms. The number of pyridine rings is 2. The van der Waals surface area contributed by atoms with Crippen LogP contribution in [0.25, 0.3) is 5.69 Å². The number of carboxylic acid groups (broad SMARTS) is 1. The van der Waals surface area contributed by atoms with E-state index in [4.69, 9.17) is 0 Å². The first-order valence-electron chi connectivity index (χ1n) is 11.0. The smallest absolute Gasteiger partial charge is 0.404 e. The van der Waals surface area contributed by atoms with E-state index in [0.717, 1.165) is 6.07 Å². The molecule has 0 aliphatic heterocycles. The standard InChI is InChI=1S/C24H21F2N9O2/c1-13-20(35-29-7-8-30-35)10-16(12-28-13)32-22-15(11-27)9-19(26)23(34-22)33-21(14(2)31-24(36)37)17-5-3-4-6-18(17)25/h3-10,12,14,21,31H,1-2H3,(H,36,37)(H2,32,33,34)/t14-,21+/m0/s1. The molecule has 4 aromatic rings. The number of nitrogens with zero attached hydrogens (tertiary/aromatic N) is 6. The van der Waals surface area contributed by atoms with Gasteiger partial charge in [-0.1, -0.05) is 18.2 Å². The Bertz CT molecular complexity index is 1470. The molecule has 0 fully saturated rings. The first kappa shape index (κ1) is 25.0. The highest BCUT2D eigenvalue weighted by Gasteiger charge is 2.26. The van der Waals surface area contributed by atoms with E-state index in [0.29, 0.717) is 17.1 Å². The summed E-state index contributed by atoms with van der Waals surface area (Å²) in [7, 11) is 0. The molecule has 3 aromatic heterocycles. The van der Waals surface area contributed by atoms with E-state index in [9.17, 15) is 23.9 Å². The minimum atomic E-state index is -1.33. The number of hydrogen-bond acceptors (Lipinski definition) is 8. The largest absolute Gasteiger partial charge is 0.465 e.